The molecule has 1 atom stereocenters. The maximum absolute atomic E-state index is 5.28. The fourth-order valence-corrected chi connectivity index (χ4v) is 1.47. The number of rotatable bonds is 6. The fraction of sp³-hybridized carbons (Fsp3) is 0.500. The van der Waals surface area contributed by atoms with Crippen LogP contribution in [0.5, 0.6) is 11.5 Å². The molecule has 1 N–H and O–H groups in total. The third-order valence-corrected chi connectivity index (χ3v) is 2.23. The molecular weight excluding hydrogens is 206 g/mol. The van der Waals surface area contributed by atoms with Crippen LogP contribution in [0.4, 0.5) is 5.69 Å². The van der Waals surface area contributed by atoms with Gasteiger partial charge in [0.05, 0.1) is 26.5 Å². The Morgan fingerprint density at radius 3 is 2.50 bits per heavy atom. The maximum Gasteiger partial charge on any atom is 0.145 e. The molecule has 90 valence electrons. The molecule has 0 spiro atoms. The molecule has 0 fully saturated rings. The molecule has 4 heteroatoms. The largest absolute Gasteiger partial charge is 0.497 e. The van der Waals surface area contributed by atoms with Gasteiger partial charge in [0.2, 0.25) is 0 Å². The van der Waals surface area contributed by atoms with E-state index in [2.05, 4.69) is 5.32 Å². The van der Waals surface area contributed by atoms with Crippen LogP contribution in [-0.4, -0.2) is 34.0 Å². The summed E-state index contributed by atoms with van der Waals surface area (Å²) in [6.07, 6.45) is 0. The highest BCUT2D eigenvalue weighted by Crippen LogP contribution is 2.29. The number of benzene rings is 1. The Labute approximate surface area is 96.5 Å². The van der Waals surface area contributed by atoms with Crippen LogP contribution in [0, 0.1) is 0 Å². The lowest BCUT2D eigenvalue weighted by Crippen LogP contribution is -2.21. The van der Waals surface area contributed by atoms with Crippen LogP contribution in [0.3, 0.4) is 0 Å². The van der Waals surface area contributed by atoms with Crippen molar-refractivity contribution in [3.05, 3.63) is 18.2 Å². The van der Waals surface area contributed by atoms with Crippen LogP contribution in [0.2, 0.25) is 0 Å². The molecule has 1 aromatic carbocycles. The number of ether oxygens (including phenoxy) is 3. The predicted molar refractivity (Wildman–Crippen MR) is 64.5 cm³/mol. The number of methoxy groups -OCH3 is 3. The molecule has 16 heavy (non-hydrogen) atoms. The Bertz CT molecular complexity index is 328. The molecule has 0 bridgehead atoms. The summed E-state index contributed by atoms with van der Waals surface area (Å²) >= 11 is 0. The van der Waals surface area contributed by atoms with Crippen molar-refractivity contribution >= 4 is 5.69 Å². The quantitative estimate of drug-likeness (QED) is 0.805. The second kappa shape index (κ2) is 6.23. The van der Waals surface area contributed by atoms with Crippen LogP contribution in [0.1, 0.15) is 6.92 Å². The van der Waals surface area contributed by atoms with E-state index in [4.69, 9.17) is 14.2 Å². The lowest BCUT2D eigenvalue weighted by Gasteiger charge is -2.17. The van der Waals surface area contributed by atoms with Crippen LogP contribution in [0.25, 0.3) is 0 Å². The summed E-state index contributed by atoms with van der Waals surface area (Å²) in [5, 5.41) is 3.31. The fourth-order valence-electron chi connectivity index (χ4n) is 1.47. The van der Waals surface area contributed by atoms with E-state index in [1.54, 1.807) is 21.3 Å². The van der Waals surface area contributed by atoms with E-state index < -0.39 is 0 Å². The molecule has 1 aromatic rings. The van der Waals surface area contributed by atoms with Gasteiger partial charge in [-0.25, -0.2) is 0 Å². The average Bonchev–Trinajstić information content (AvgIpc) is 2.30. The monoisotopic (exact) mass is 225 g/mol. The summed E-state index contributed by atoms with van der Waals surface area (Å²) in [5.41, 5.74) is 0.938. The van der Waals surface area contributed by atoms with Gasteiger partial charge >= 0.3 is 0 Å². The zero-order valence-corrected chi connectivity index (χ0v) is 10.2. The van der Waals surface area contributed by atoms with Crippen molar-refractivity contribution in [1.82, 2.24) is 0 Å². The van der Waals surface area contributed by atoms with E-state index in [-0.39, 0.29) is 6.04 Å². The van der Waals surface area contributed by atoms with Crippen LogP contribution in [0.15, 0.2) is 18.2 Å². The molecule has 0 aliphatic carbocycles. The van der Waals surface area contributed by atoms with E-state index in [9.17, 15) is 0 Å². The lowest BCUT2D eigenvalue weighted by atomic mass is 10.2. The van der Waals surface area contributed by atoms with Gasteiger partial charge in [-0.2, -0.15) is 0 Å². The predicted octanol–water partition coefficient (Wildman–Crippen LogP) is 2.15. The molecule has 0 radical (unpaired) electrons. The Morgan fingerprint density at radius 1 is 1.19 bits per heavy atom. The molecule has 0 saturated carbocycles. The molecule has 1 rings (SSSR count). The minimum absolute atomic E-state index is 0.229. The van der Waals surface area contributed by atoms with E-state index in [1.165, 1.54) is 0 Å². The summed E-state index contributed by atoms with van der Waals surface area (Å²) in [4.78, 5) is 0. The first-order valence-electron chi connectivity index (χ1n) is 5.18. The maximum atomic E-state index is 5.28. The van der Waals surface area contributed by atoms with Gasteiger partial charge in [0.15, 0.2) is 0 Å². The zero-order valence-electron chi connectivity index (χ0n) is 10.2. The van der Waals surface area contributed by atoms with Crippen molar-refractivity contribution < 1.29 is 14.2 Å². The topological polar surface area (TPSA) is 39.7 Å². The second-order valence-corrected chi connectivity index (χ2v) is 3.57. The normalized spacial score (nSPS) is 12.0. The summed E-state index contributed by atoms with van der Waals surface area (Å²) in [5.74, 6) is 1.55. The first kappa shape index (κ1) is 12.6. The summed E-state index contributed by atoms with van der Waals surface area (Å²) in [6, 6.07) is 5.91. The van der Waals surface area contributed by atoms with Gasteiger partial charge in [0.25, 0.3) is 0 Å². The molecule has 1 unspecified atom stereocenters. The Kier molecular flexibility index (Phi) is 4.92. The van der Waals surface area contributed by atoms with Gasteiger partial charge in [0.1, 0.15) is 11.5 Å². The van der Waals surface area contributed by atoms with Gasteiger partial charge in [0, 0.05) is 19.2 Å². The molecule has 0 aliphatic rings. The highest BCUT2D eigenvalue weighted by molar-refractivity contribution is 5.59. The zero-order chi connectivity index (χ0) is 12.0. The van der Waals surface area contributed by atoms with E-state index >= 15 is 0 Å². The van der Waals surface area contributed by atoms with E-state index in [1.807, 2.05) is 25.1 Å². The number of hydrogen-bond donors (Lipinski definition) is 1. The van der Waals surface area contributed by atoms with E-state index in [0.717, 1.165) is 17.2 Å². The van der Waals surface area contributed by atoms with Gasteiger partial charge in [-0.3, -0.25) is 0 Å². The highest BCUT2D eigenvalue weighted by atomic mass is 16.5. The number of anilines is 1. The number of hydrogen-bond acceptors (Lipinski definition) is 4. The van der Waals surface area contributed by atoms with Crippen LogP contribution in [-0.2, 0) is 4.74 Å². The third-order valence-electron chi connectivity index (χ3n) is 2.23. The van der Waals surface area contributed by atoms with Crippen molar-refractivity contribution in [2.75, 3.05) is 33.3 Å². The standard InChI is InChI=1S/C12H19NO3/c1-9(8-14-2)13-11-6-5-10(15-3)7-12(11)16-4/h5-7,9,13H,8H2,1-4H3. The molecule has 0 saturated heterocycles. The first-order valence-corrected chi connectivity index (χ1v) is 5.18. The molecule has 0 amide bonds. The summed E-state index contributed by atoms with van der Waals surface area (Å²) in [6.45, 7) is 2.70. The summed E-state index contributed by atoms with van der Waals surface area (Å²) < 4.78 is 15.5. The van der Waals surface area contributed by atoms with Gasteiger partial charge in [-0.15, -0.1) is 0 Å². The lowest BCUT2D eigenvalue weighted by molar-refractivity contribution is 0.190. The average molecular weight is 225 g/mol. The highest BCUT2D eigenvalue weighted by Gasteiger charge is 2.07. The first-order chi connectivity index (χ1) is 7.71. The van der Waals surface area contributed by atoms with Crippen molar-refractivity contribution in [2.45, 2.75) is 13.0 Å². The van der Waals surface area contributed by atoms with Crippen molar-refractivity contribution in [3.8, 4) is 11.5 Å². The Hall–Kier alpha value is -1.42. The SMILES string of the molecule is COCC(C)Nc1ccc(OC)cc1OC. The minimum atomic E-state index is 0.229. The van der Waals surface area contributed by atoms with Gasteiger partial charge in [-0.1, -0.05) is 0 Å². The van der Waals surface area contributed by atoms with Crippen molar-refractivity contribution in [2.24, 2.45) is 0 Å². The molecular formula is C12H19NO3. The molecule has 4 nitrogen and oxygen atoms in total. The third kappa shape index (κ3) is 3.31. The Morgan fingerprint density at radius 2 is 1.94 bits per heavy atom. The van der Waals surface area contributed by atoms with E-state index in [0.29, 0.717) is 6.61 Å². The van der Waals surface area contributed by atoms with Crippen LogP contribution >= 0.6 is 0 Å². The smallest absolute Gasteiger partial charge is 0.145 e. The summed E-state index contributed by atoms with van der Waals surface area (Å²) in [7, 11) is 4.96. The van der Waals surface area contributed by atoms with Gasteiger partial charge in [-0.05, 0) is 19.1 Å². The molecule has 0 aliphatic heterocycles. The molecule has 0 heterocycles. The van der Waals surface area contributed by atoms with Crippen LogP contribution < -0.4 is 14.8 Å². The number of nitrogens with one attached hydrogen (secondary N) is 1. The second-order valence-electron chi connectivity index (χ2n) is 3.57. The van der Waals surface area contributed by atoms with Crippen molar-refractivity contribution in [1.29, 1.82) is 0 Å². The molecule has 0 aromatic heterocycles. The van der Waals surface area contributed by atoms with Crippen molar-refractivity contribution in [3.63, 3.8) is 0 Å². The Balaban J connectivity index is 2.78. The van der Waals surface area contributed by atoms with Gasteiger partial charge < -0.3 is 19.5 Å². The minimum Gasteiger partial charge on any atom is -0.497 e.